The number of carbonyl (C=O) groups excluding carboxylic acids is 1. The van der Waals surface area contributed by atoms with Crippen LogP contribution in [0.2, 0.25) is 0 Å². The van der Waals surface area contributed by atoms with E-state index in [-0.39, 0.29) is 17.9 Å². The van der Waals surface area contributed by atoms with E-state index in [1.165, 1.54) is 0 Å². The first-order valence-electron chi connectivity index (χ1n) is 7.72. The monoisotopic (exact) mass is 306 g/mol. The Labute approximate surface area is 132 Å². The van der Waals surface area contributed by atoms with Crippen LogP contribution in [0, 0.1) is 0 Å². The molecule has 5 nitrogen and oxygen atoms in total. The van der Waals surface area contributed by atoms with Gasteiger partial charge in [-0.05, 0) is 38.5 Å². The Morgan fingerprint density at radius 2 is 1.95 bits per heavy atom. The number of ether oxygens (including phenoxy) is 2. The Hall–Kier alpha value is -1.59. The zero-order valence-electron chi connectivity index (χ0n) is 13.8. The summed E-state index contributed by atoms with van der Waals surface area (Å²) >= 11 is 0. The summed E-state index contributed by atoms with van der Waals surface area (Å²) in [6, 6.07) is 7.83. The quantitative estimate of drug-likeness (QED) is 0.900. The Kier molecular flexibility index (Phi) is 5.08. The number of rotatable bonds is 5. The van der Waals surface area contributed by atoms with Crippen LogP contribution in [0.5, 0.6) is 5.75 Å². The SMILES string of the molecule is CCOC(C)(C)C(=O)N1CC(N)C(c2ccc(OC)cc2)C1. The zero-order chi connectivity index (χ0) is 16.3. The lowest BCUT2D eigenvalue weighted by Crippen LogP contribution is -2.46. The molecular weight excluding hydrogens is 280 g/mol. The highest BCUT2D eigenvalue weighted by atomic mass is 16.5. The van der Waals surface area contributed by atoms with E-state index >= 15 is 0 Å². The lowest BCUT2D eigenvalue weighted by molar-refractivity contribution is -0.152. The molecule has 0 aromatic heterocycles. The van der Waals surface area contributed by atoms with Crippen molar-refractivity contribution in [3.8, 4) is 5.75 Å². The summed E-state index contributed by atoms with van der Waals surface area (Å²) in [5.74, 6) is 0.967. The summed E-state index contributed by atoms with van der Waals surface area (Å²) in [7, 11) is 1.65. The van der Waals surface area contributed by atoms with Crippen LogP contribution in [0.15, 0.2) is 24.3 Å². The van der Waals surface area contributed by atoms with Gasteiger partial charge in [0, 0.05) is 31.7 Å². The summed E-state index contributed by atoms with van der Waals surface area (Å²) < 4.78 is 10.7. The van der Waals surface area contributed by atoms with Crippen molar-refractivity contribution in [1.82, 2.24) is 4.90 Å². The van der Waals surface area contributed by atoms with Gasteiger partial charge in [0.25, 0.3) is 5.91 Å². The number of nitrogens with two attached hydrogens (primary N) is 1. The van der Waals surface area contributed by atoms with Crippen molar-refractivity contribution in [2.75, 3.05) is 26.8 Å². The number of nitrogens with zero attached hydrogens (tertiary/aromatic N) is 1. The second kappa shape index (κ2) is 6.67. The average molecular weight is 306 g/mol. The van der Waals surface area contributed by atoms with Crippen molar-refractivity contribution in [3.05, 3.63) is 29.8 Å². The number of likely N-dealkylation sites (tertiary alicyclic amines) is 1. The van der Waals surface area contributed by atoms with E-state index in [1.54, 1.807) is 7.11 Å². The molecule has 0 radical (unpaired) electrons. The maximum absolute atomic E-state index is 12.6. The molecule has 0 spiro atoms. The summed E-state index contributed by atoms with van der Waals surface area (Å²) in [5, 5.41) is 0. The molecule has 2 N–H and O–H groups in total. The summed E-state index contributed by atoms with van der Waals surface area (Å²) in [4.78, 5) is 14.4. The van der Waals surface area contributed by atoms with Crippen LogP contribution in [-0.2, 0) is 9.53 Å². The van der Waals surface area contributed by atoms with Gasteiger partial charge < -0.3 is 20.1 Å². The summed E-state index contributed by atoms with van der Waals surface area (Å²) in [6.45, 7) is 7.22. The van der Waals surface area contributed by atoms with Crippen LogP contribution in [-0.4, -0.2) is 49.3 Å². The van der Waals surface area contributed by atoms with Crippen molar-refractivity contribution in [2.24, 2.45) is 5.73 Å². The number of carbonyl (C=O) groups is 1. The molecule has 1 amide bonds. The zero-order valence-corrected chi connectivity index (χ0v) is 13.8. The molecule has 1 aromatic rings. The lowest BCUT2D eigenvalue weighted by Gasteiger charge is -2.29. The molecule has 5 heteroatoms. The van der Waals surface area contributed by atoms with Crippen LogP contribution >= 0.6 is 0 Å². The maximum Gasteiger partial charge on any atom is 0.254 e. The second-order valence-corrected chi connectivity index (χ2v) is 6.20. The van der Waals surface area contributed by atoms with Gasteiger partial charge in [-0.25, -0.2) is 0 Å². The first-order chi connectivity index (χ1) is 10.4. The van der Waals surface area contributed by atoms with E-state index in [9.17, 15) is 4.79 Å². The van der Waals surface area contributed by atoms with E-state index in [2.05, 4.69) is 0 Å². The number of benzene rings is 1. The van der Waals surface area contributed by atoms with Gasteiger partial charge in [-0.15, -0.1) is 0 Å². The predicted molar refractivity (Wildman–Crippen MR) is 86.0 cm³/mol. The van der Waals surface area contributed by atoms with Gasteiger partial charge in [-0.3, -0.25) is 4.79 Å². The molecule has 2 atom stereocenters. The Bertz CT molecular complexity index is 513. The number of amides is 1. The fraction of sp³-hybridized carbons (Fsp3) is 0.588. The molecule has 1 aliphatic rings. The van der Waals surface area contributed by atoms with E-state index < -0.39 is 5.60 Å². The molecule has 0 aliphatic carbocycles. The van der Waals surface area contributed by atoms with Crippen LogP contribution < -0.4 is 10.5 Å². The minimum Gasteiger partial charge on any atom is -0.497 e. The number of methoxy groups -OCH3 is 1. The molecular formula is C17H26N2O3. The van der Waals surface area contributed by atoms with Gasteiger partial charge in [-0.2, -0.15) is 0 Å². The third-order valence-corrected chi connectivity index (χ3v) is 4.22. The maximum atomic E-state index is 12.6. The largest absolute Gasteiger partial charge is 0.497 e. The normalized spacial score (nSPS) is 22.0. The highest BCUT2D eigenvalue weighted by Gasteiger charge is 2.40. The van der Waals surface area contributed by atoms with E-state index in [0.717, 1.165) is 11.3 Å². The van der Waals surface area contributed by atoms with Crippen molar-refractivity contribution in [3.63, 3.8) is 0 Å². The van der Waals surface area contributed by atoms with Crippen LogP contribution in [0.1, 0.15) is 32.3 Å². The van der Waals surface area contributed by atoms with E-state index in [0.29, 0.717) is 19.7 Å². The fourth-order valence-electron chi connectivity index (χ4n) is 3.00. The van der Waals surface area contributed by atoms with Gasteiger partial charge in [0.1, 0.15) is 11.4 Å². The molecule has 2 unspecified atom stereocenters. The number of hydrogen-bond acceptors (Lipinski definition) is 4. The van der Waals surface area contributed by atoms with Gasteiger partial charge >= 0.3 is 0 Å². The highest BCUT2D eigenvalue weighted by Crippen LogP contribution is 2.29. The molecule has 0 saturated carbocycles. The predicted octanol–water partition coefficient (Wildman–Crippen LogP) is 1.76. The van der Waals surface area contributed by atoms with Gasteiger partial charge in [-0.1, -0.05) is 12.1 Å². The second-order valence-electron chi connectivity index (χ2n) is 6.20. The standard InChI is InChI=1S/C17H26N2O3/c1-5-22-17(2,3)16(20)19-10-14(15(18)11-19)12-6-8-13(21-4)9-7-12/h6-9,14-15H,5,10-11,18H2,1-4H3. The van der Waals surface area contributed by atoms with Crippen LogP contribution in [0.3, 0.4) is 0 Å². The smallest absolute Gasteiger partial charge is 0.254 e. The fourth-order valence-corrected chi connectivity index (χ4v) is 3.00. The first-order valence-corrected chi connectivity index (χ1v) is 7.72. The molecule has 1 fully saturated rings. The van der Waals surface area contributed by atoms with Crippen LogP contribution in [0.25, 0.3) is 0 Å². The van der Waals surface area contributed by atoms with Crippen molar-refractivity contribution in [1.29, 1.82) is 0 Å². The van der Waals surface area contributed by atoms with Crippen molar-refractivity contribution < 1.29 is 14.3 Å². The first kappa shape index (κ1) is 16.8. The van der Waals surface area contributed by atoms with Crippen molar-refractivity contribution >= 4 is 5.91 Å². The van der Waals surface area contributed by atoms with Crippen LogP contribution in [0.4, 0.5) is 0 Å². The Morgan fingerprint density at radius 3 is 2.50 bits per heavy atom. The topological polar surface area (TPSA) is 64.8 Å². The van der Waals surface area contributed by atoms with E-state index in [4.69, 9.17) is 15.2 Å². The third kappa shape index (κ3) is 3.42. The molecule has 22 heavy (non-hydrogen) atoms. The molecule has 0 bridgehead atoms. The van der Waals surface area contributed by atoms with Gasteiger partial charge in [0.05, 0.1) is 7.11 Å². The summed E-state index contributed by atoms with van der Waals surface area (Å²) in [5.41, 5.74) is 6.60. The minimum atomic E-state index is -0.802. The number of hydrogen-bond donors (Lipinski definition) is 1. The van der Waals surface area contributed by atoms with Gasteiger partial charge in [0.15, 0.2) is 0 Å². The molecule has 1 aromatic carbocycles. The Balaban J connectivity index is 2.09. The lowest BCUT2D eigenvalue weighted by atomic mass is 9.95. The highest BCUT2D eigenvalue weighted by molar-refractivity contribution is 5.85. The minimum absolute atomic E-state index is 0.000752. The molecule has 1 heterocycles. The van der Waals surface area contributed by atoms with Crippen molar-refractivity contribution in [2.45, 2.75) is 38.3 Å². The molecule has 1 saturated heterocycles. The summed E-state index contributed by atoms with van der Waals surface area (Å²) in [6.07, 6.45) is 0. The molecule has 122 valence electrons. The van der Waals surface area contributed by atoms with Gasteiger partial charge in [0.2, 0.25) is 0 Å². The van der Waals surface area contributed by atoms with E-state index in [1.807, 2.05) is 49.9 Å². The Morgan fingerprint density at radius 1 is 1.32 bits per heavy atom. The molecule has 1 aliphatic heterocycles. The third-order valence-electron chi connectivity index (χ3n) is 4.22. The average Bonchev–Trinajstić information content (AvgIpc) is 2.88. The molecule has 2 rings (SSSR count).